The van der Waals surface area contributed by atoms with Gasteiger partial charge in [0.25, 0.3) is 0 Å². The van der Waals surface area contributed by atoms with Gasteiger partial charge in [0.15, 0.2) is 31.1 Å². The minimum atomic E-state index is -2.05. The standard InChI is InChI=1S/C46H45Cl3N2O15/c1-26(52)50-33-38(36-32(61-43(33)57-2)24-59-42(65-36)30-21-13-6-14-22-30)66-44-34(51-45(56)60-25-46(47,48)49)37(64-41(55)29-19-11-5-12-20-29)35(63-40(54)28-17-9-4-10-18-28)31(62-44)23-58-39(53)27-15-7-3-8-16-27/h3-22,31-38,42-44H,23-25H2,1-2H3,(H,50,52)(H,51,56)/t31-,32-,33-,34-,35-,36-,37-,38-,42-,43+,44+/m1/s1. The summed E-state index contributed by atoms with van der Waals surface area (Å²) in [5, 5.41) is 5.42. The van der Waals surface area contributed by atoms with Crippen LogP contribution in [-0.4, -0.2) is 122 Å². The van der Waals surface area contributed by atoms with Crippen LogP contribution in [0.3, 0.4) is 0 Å². The maximum Gasteiger partial charge on any atom is 0.407 e. The second-order valence-corrected chi connectivity index (χ2v) is 17.6. The van der Waals surface area contributed by atoms with E-state index in [1.54, 1.807) is 78.9 Å². The quantitative estimate of drug-likeness (QED) is 0.0864. The lowest BCUT2D eigenvalue weighted by Gasteiger charge is -2.51. The van der Waals surface area contributed by atoms with Crippen molar-refractivity contribution < 1.29 is 71.3 Å². The number of halogens is 3. The van der Waals surface area contributed by atoms with E-state index in [2.05, 4.69) is 10.6 Å². The summed E-state index contributed by atoms with van der Waals surface area (Å²) >= 11 is 17.8. The fraction of sp³-hybridized carbons (Fsp3) is 0.370. The number of carbonyl (C=O) groups is 5. The van der Waals surface area contributed by atoms with Crippen LogP contribution in [0.1, 0.15) is 49.9 Å². The van der Waals surface area contributed by atoms with E-state index < -0.39 is 114 Å². The van der Waals surface area contributed by atoms with E-state index in [9.17, 15) is 24.0 Å². The molecule has 17 nitrogen and oxygen atoms in total. The number of carbonyl (C=O) groups excluding carboxylic acids is 5. The maximum absolute atomic E-state index is 14.1. The second kappa shape index (κ2) is 22.4. The van der Waals surface area contributed by atoms with Crippen LogP contribution in [-0.2, 0) is 52.2 Å². The van der Waals surface area contributed by atoms with Crippen LogP contribution >= 0.6 is 34.8 Å². The van der Waals surface area contributed by atoms with Crippen LogP contribution in [0.15, 0.2) is 121 Å². The zero-order chi connectivity index (χ0) is 46.8. The van der Waals surface area contributed by atoms with Crippen molar-refractivity contribution in [3.63, 3.8) is 0 Å². The number of benzene rings is 4. The number of rotatable bonds is 14. The summed E-state index contributed by atoms with van der Waals surface area (Å²) in [7, 11) is 1.36. The molecule has 66 heavy (non-hydrogen) atoms. The van der Waals surface area contributed by atoms with Gasteiger partial charge < -0.3 is 58.0 Å². The molecule has 3 aliphatic rings. The molecule has 0 bridgehead atoms. The van der Waals surface area contributed by atoms with Crippen LogP contribution in [0.4, 0.5) is 4.79 Å². The van der Waals surface area contributed by atoms with Gasteiger partial charge in [-0.25, -0.2) is 19.2 Å². The van der Waals surface area contributed by atoms with Gasteiger partial charge in [-0.1, -0.05) is 120 Å². The van der Waals surface area contributed by atoms with Crippen LogP contribution < -0.4 is 10.6 Å². The van der Waals surface area contributed by atoms with Gasteiger partial charge in [0, 0.05) is 19.6 Å². The predicted octanol–water partition coefficient (Wildman–Crippen LogP) is 5.86. The first-order chi connectivity index (χ1) is 31.8. The highest BCUT2D eigenvalue weighted by Gasteiger charge is 2.57. The molecule has 3 aliphatic heterocycles. The van der Waals surface area contributed by atoms with Crippen molar-refractivity contribution in [2.45, 2.75) is 78.3 Å². The van der Waals surface area contributed by atoms with Crippen molar-refractivity contribution in [2.24, 2.45) is 0 Å². The maximum atomic E-state index is 14.1. The number of alkyl halides is 3. The molecular formula is C46H45Cl3N2O15. The molecule has 7 rings (SSSR count). The largest absolute Gasteiger partial charge is 0.459 e. The van der Waals surface area contributed by atoms with Gasteiger partial charge in [0.1, 0.15) is 49.7 Å². The number of esters is 3. The summed E-state index contributed by atoms with van der Waals surface area (Å²) in [5.74, 6) is -3.11. The van der Waals surface area contributed by atoms with Gasteiger partial charge in [-0.3, -0.25) is 4.79 Å². The van der Waals surface area contributed by atoms with Crippen LogP contribution in [0.2, 0.25) is 0 Å². The minimum absolute atomic E-state index is 0.0276. The summed E-state index contributed by atoms with van der Waals surface area (Å²) in [6.07, 6.45) is -13.2. The molecule has 3 fully saturated rings. The molecule has 2 amide bonds. The highest BCUT2D eigenvalue weighted by atomic mass is 35.6. The Hall–Kier alpha value is -5.34. The summed E-state index contributed by atoms with van der Waals surface area (Å²) in [6, 6.07) is 30.0. The summed E-state index contributed by atoms with van der Waals surface area (Å²) in [4.78, 5) is 68.2. The molecule has 11 atom stereocenters. The third-order valence-electron chi connectivity index (χ3n) is 10.5. The van der Waals surface area contributed by atoms with Crippen molar-refractivity contribution in [1.82, 2.24) is 10.6 Å². The Kier molecular flexibility index (Phi) is 16.5. The molecule has 3 heterocycles. The van der Waals surface area contributed by atoms with E-state index in [1.165, 1.54) is 50.4 Å². The molecule has 350 valence electrons. The average Bonchev–Trinajstić information content (AvgIpc) is 3.32. The molecule has 4 aromatic rings. The van der Waals surface area contributed by atoms with Crippen LogP contribution in [0.25, 0.3) is 0 Å². The molecule has 0 radical (unpaired) electrons. The summed E-state index contributed by atoms with van der Waals surface area (Å²) in [5.41, 5.74) is 1.00. The highest BCUT2D eigenvalue weighted by molar-refractivity contribution is 6.67. The monoisotopic (exact) mass is 970 g/mol. The molecule has 0 saturated carbocycles. The Labute approximate surface area is 394 Å². The number of hydrogen-bond acceptors (Lipinski definition) is 15. The molecule has 4 aromatic carbocycles. The van der Waals surface area contributed by atoms with Gasteiger partial charge in [-0.05, 0) is 36.4 Å². The van der Waals surface area contributed by atoms with E-state index >= 15 is 0 Å². The number of alkyl carbamates (subject to hydrolysis) is 1. The predicted molar refractivity (Wildman–Crippen MR) is 233 cm³/mol. The van der Waals surface area contributed by atoms with Crippen molar-refractivity contribution in [1.29, 1.82) is 0 Å². The third kappa shape index (κ3) is 12.5. The van der Waals surface area contributed by atoms with Gasteiger partial charge in [-0.2, -0.15) is 0 Å². The lowest BCUT2D eigenvalue weighted by Crippen LogP contribution is -2.71. The number of methoxy groups -OCH3 is 1. The molecule has 0 unspecified atom stereocenters. The fourth-order valence-electron chi connectivity index (χ4n) is 7.52. The number of fused-ring (bicyclic) bond motifs is 1. The van der Waals surface area contributed by atoms with Gasteiger partial charge in [0.2, 0.25) is 9.70 Å². The van der Waals surface area contributed by atoms with E-state index in [0.29, 0.717) is 5.56 Å². The molecular weight excluding hydrogens is 927 g/mol. The summed E-state index contributed by atoms with van der Waals surface area (Å²) < 4.78 is 59.4. The van der Waals surface area contributed by atoms with Crippen molar-refractivity contribution in [3.8, 4) is 0 Å². The Morgan fingerprint density at radius 2 is 1.17 bits per heavy atom. The lowest BCUT2D eigenvalue weighted by atomic mass is 9.93. The Morgan fingerprint density at radius 3 is 1.71 bits per heavy atom. The van der Waals surface area contributed by atoms with E-state index in [4.69, 9.17) is 82.2 Å². The number of hydrogen-bond donors (Lipinski definition) is 2. The summed E-state index contributed by atoms with van der Waals surface area (Å²) in [6.45, 7) is -0.113. The van der Waals surface area contributed by atoms with E-state index in [1.807, 2.05) is 6.07 Å². The number of nitrogens with one attached hydrogen (secondary N) is 2. The van der Waals surface area contributed by atoms with Crippen LogP contribution in [0.5, 0.6) is 0 Å². The molecule has 0 aliphatic carbocycles. The van der Waals surface area contributed by atoms with Gasteiger partial charge in [-0.15, -0.1) is 0 Å². The Morgan fingerprint density at radius 1 is 0.636 bits per heavy atom. The number of ether oxygens (including phenoxy) is 10. The van der Waals surface area contributed by atoms with Crippen molar-refractivity contribution in [2.75, 3.05) is 26.9 Å². The fourth-order valence-corrected chi connectivity index (χ4v) is 7.68. The number of amides is 2. The highest BCUT2D eigenvalue weighted by Crippen LogP contribution is 2.38. The third-order valence-corrected chi connectivity index (χ3v) is 10.8. The SMILES string of the molecule is CO[C@H]1O[C@@H]2CO[C@@H](c3ccccc3)O[C@H]2[C@H](O[C@@H]2O[C@H](COC(=O)c3ccccc3)[C@@H](OC(=O)c3ccccc3)[C@H](OC(=O)c3ccccc3)[C@H]2NC(=O)OCC(Cl)(Cl)Cl)[C@H]1NC(C)=O. The normalized spacial score (nSPS) is 27.3. The zero-order valence-electron chi connectivity index (χ0n) is 35.3. The van der Waals surface area contributed by atoms with E-state index in [0.717, 1.165) is 0 Å². The van der Waals surface area contributed by atoms with Crippen molar-refractivity contribution >= 4 is 64.7 Å². The van der Waals surface area contributed by atoms with Crippen LogP contribution in [0, 0.1) is 0 Å². The first-order valence-corrected chi connectivity index (χ1v) is 21.7. The Balaban J connectivity index is 1.33. The molecule has 3 saturated heterocycles. The average molecular weight is 972 g/mol. The first-order valence-electron chi connectivity index (χ1n) is 20.6. The van der Waals surface area contributed by atoms with E-state index in [-0.39, 0.29) is 23.3 Å². The van der Waals surface area contributed by atoms with Crippen molar-refractivity contribution in [3.05, 3.63) is 144 Å². The molecule has 2 N–H and O–H groups in total. The second-order valence-electron chi connectivity index (χ2n) is 15.1. The lowest BCUT2D eigenvalue weighted by molar-refractivity contribution is -0.368. The zero-order valence-corrected chi connectivity index (χ0v) is 37.5. The van der Waals surface area contributed by atoms with Gasteiger partial charge >= 0.3 is 24.0 Å². The molecule has 0 spiro atoms. The molecule has 0 aromatic heterocycles. The smallest absolute Gasteiger partial charge is 0.407 e. The van der Waals surface area contributed by atoms with Gasteiger partial charge in [0.05, 0.1) is 23.3 Å². The topological polar surface area (TPSA) is 202 Å². The minimum Gasteiger partial charge on any atom is -0.459 e. The first kappa shape index (κ1) is 48.6. The molecule has 20 heteroatoms. The Bertz CT molecular complexity index is 2260.